The number of aryl methyl sites for hydroxylation is 1. The zero-order valence-corrected chi connectivity index (χ0v) is 10.7. The van der Waals surface area contributed by atoms with Crippen molar-refractivity contribution in [3.05, 3.63) is 41.6 Å². The van der Waals surface area contributed by atoms with Gasteiger partial charge in [0.15, 0.2) is 0 Å². The van der Waals surface area contributed by atoms with Crippen LogP contribution in [0.1, 0.15) is 22.5 Å². The molecule has 2 N–H and O–H groups in total. The maximum atomic E-state index is 12.0. The van der Waals surface area contributed by atoms with Gasteiger partial charge in [0.05, 0.1) is 0 Å². The lowest BCUT2D eigenvalue weighted by atomic mass is 10.1. The van der Waals surface area contributed by atoms with Gasteiger partial charge in [0.25, 0.3) is 5.91 Å². The van der Waals surface area contributed by atoms with Crippen LogP contribution in [0, 0.1) is 0 Å². The van der Waals surface area contributed by atoms with Gasteiger partial charge in [-0.05, 0) is 28.7 Å². The smallest absolute Gasteiger partial charge is 0.279 e. The summed E-state index contributed by atoms with van der Waals surface area (Å²) < 4.78 is 4.42. The van der Waals surface area contributed by atoms with E-state index in [4.69, 9.17) is 5.73 Å². The normalized spacial score (nSPS) is 10.4. The zero-order valence-electron chi connectivity index (χ0n) is 10.7. The van der Waals surface area contributed by atoms with Crippen LogP contribution in [0.25, 0.3) is 0 Å². The summed E-state index contributed by atoms with van der Waals surface area (Å²) in [6, 6.07) is 10.1. The van der Waals surface area contributed by atoms with Crippen LogP contribution in [0.4, 0.5) is 5.82 Å². The minimum atomic E-state index is -0.271. The van der Waals surface area contributed by atoms with Gasteiger partial charge < -0.3 is 10.6 Å². The van der Waals surface area contributed by atoms with E-state index >= 15 is 0 Å². The molecule has 1 aromatic carbocycles. The molecule has 19 heavy (non-hydrogen) atoms. The van der Waals surface area contributed by atoms with Crippen molar-refractivity contribution in [3.63, 3.8) is 0 Å². The number of amides is 1. The quantitative estimate of drug-likeness (QED) is 0.877. The van der Waals surface area contributed by atoms with Crippen LogP contribution in [-0.2, 0) is 6.42 Å². The van der Waals surface area contributed by atoms with E-state index in [2.05, 4.69) is 27.1 Å². The van der Waals surface area contributed by atoms with Crippen molar-refractivity contribution in [1.29, 1.82) is 0 Å². The third-order valence-corrected chi connectivity index (χ3v) is 2.86. The van der Waals surface area contributed by atoms with E-state index < -0.39 is 0 Å². The fraction of sp³-hybridized carbons (Fsp3) is 0.308. The first-order chi connectivity index (χ1) is 9.18. The summed E-state index contributed by atoms with van der Waals surface area (Å²) in [5.74, 6) is -0.244. The molecule has 100 valence electrons. The number of anilines is 1. The Morgan fingerprint density at radius 1 is 1.32 bits per heavy atom. The Hall–Kier alpha value is -2.37. The molecule has 1 aromatic heterocycles. The Kier molecular flexibility index (Phi) is 4.12. The van der Waals surface area contributed by atoms with Crippen molar-refractivity contribution in [2.24, 2.45) is 0 Å². The molecule has 0 spiro atoms. The molecule has 0 atom stereocenters. The third-order valence-electron chi connectivity index (χ3n) is 2.86. The van der Waals surface area contributed by atoms with Gasteiger partial charge >= 0.3 is 0 Å². The molecule has 1 heterocycles. The van der Waals surface area contributed by atoms with E-state index in [1.807, 2.05) is 18.2 Å². The topological polar surface area (TPSA) is 85.2 Å². The summed E-state index contributed by atoms with van der Waals surface area (Å²) in [5, 5.41) is 6.89. The van der Waals surface area contributed by atoms with E-state index in [1.54, 1.807) is 11.9 Å². The minimum absolute atomic E-state index is 0.0277. The van der Waals surface area contributed by atoms with Crippen LogP contribution in [0.2, 0.25) is 0 Å². The zero-order chi connectivity index (χ0) is 13.7. The Bertz CT molecular complexity index is 539. The van der Waals surface area contributed by atoms with Gasteiger partial charge in [-0.2, -0.15) is 0 Å². The van der Waals surface area contributed by atoms with E-state index in [-0.39, 0.29) is 17.4 Å². The Labute approximate surface area is 111 Å². The molecule has 0 saturated carbocycles. The molecule has 0 radical (unpaired) electrons. The van der Waals surface area contributed by atoms with Crippen LogP contribution < -0.4 is 5.73 Å². The van der Waals surface area contributed by atoms with Gasteiger partial charge in [-0.3, -0.25) is 4.79 Å². The summed E-state index contributed by atoms with van der Waals surface area (Å²) in [5.41, 5.74) is 6.81. The van der Waals surface area contributed by atoms with Gasteiger partial charge in [0.1, 0.15) is 0 Å². The number of rotatable bonds is 5. The molecule has 0 aliphatic rings. The maximum absolute atomic E-state index is 12.0. The lowest BCUT2D eigenvalue weighted by Crippen LogP contribution is -2.29. The number of nitrogen functional groups attached to an aromatic ring is 1. The van der Waals surface area contributed by atoms with Gasteiger partial charge in [-0.25, -0.2) is 4.63 Å². The fourth-order valence-corrected chi connectivity index (χ4v) is 1.79. The first-order valence-corrected chi connectivity index (χ1v) is 6.06. The van der Waals surface area contributed by atoms with Crippen molar-refractivity contribution < 1.29 is 9.42 Å². The lowest BCUT2D eigenvalue weighted by molar-refractivity contribution is 0.0783. The maximum Gasteiger partial charge on any atom is 0.279 e. The fourth-order valence-electron chi connectivity index (χ4n) is 1.79. The summed E-state index contributed by atoms with van der Waals surface area (Å²) in [6.07, 6.45) is 1.79. The largest absolute Gasteiger partial charge is 0.379 e. The standard InChI is InChI=1S/C13H16N4O2/c1-17(13(18)11-12(14)16-19-15-11)9-5-8-10-6-3-2-4-7-10/h2-4,6-7H,5,8-9H2,1H3,(H2,14,16). The molecule has 2 rings (SSSR count). The van der Waals surface area contributed by atoms with Crippen molar-refractivity contribution in [1.82, 2.24) is 15.2 Å². The molecular formula is C13H16N4O2. The van der Waals surface area contributed by atoms with Crippen molar-refractivity contribution >= 4 is 11.7 Å². The number of hydrogen-bond acceptors (Lipinski definition) is 5. The summed E-state index contributed by atoms with van der Waals surface area (Å²) in [4.78, 5) is 13.5. The molecule has 0 saturated heterocycles. The van der Waals surface area contributed by atoms with E-state index in [0.717, 1.165) is 12.8 Å². The molecule has 0 aliphatic carbocycles. The predicted molar refractivity (Wildman–Crippen MR) is 70.4 cm³/mol. The van der Waals surface area contributed by atoms with E-state index in [9.17, 15) is 4.79 Å². The van der Waals surface area contributed by atoms with Crippen LogP contribution in [0.5, 0.6) is 0 Å². The second-order valence-corrected chi connectivity index (χ2v) is 4.31. The van der Waals surface area contributed by atoms with Crippen LogP contribution in [0.3, 0.4) is 0 Å². The molecule has 2 aromatic rings. The molecule has 6 nitrogen and oxygen atoms in total. The molecule has 0 unspecified atom stereocenters. The summed E-state index contributed by atoms with van der Waals surface area (Å²) in [7, 11) is 1.71. The van der Waals surface area contributed by atoms with Crippen LogP contribution in [0.15, 0.2) is 35.0 Å². The number of nitrogens with two attached hydrogens (primary N) is 1. The highest BCUT2D eigenvalue weighted by Gasteiger charge is 2.19. The SMILES string of the molecule is CN(CCCc1ccccc1)C(=O)c1nonc1N. The first kappa shape index (κ1) is 13.1. The highest BCUT2D eigenvalue weighted by molar-refractivity contribution is 5.95. The van der Waals surface area contributed by atoms with Gasteiger partial charge in [-0.1, -0.05) is 30.3 Å². The minimum Gasteiger partial charge on any atom is -0.379 e. The Morgan fingerprint density at radius 2 is 2.05 bits per heavy atom. The Morgan fingerprint density at radius 3 is 2.68 bits per heavy atom. The average molecular weight is 260 g/mol. The summed E-state index contributed by atoms with van der Waals surface area (Å²) in [6.45, 7) is 0.625. The van der Waals surface area contributed by atoms with Gasteiger partial charge in [0.2, 0.25) is 11.5 Å². The predicted octanol–water partition coefficient (Wildman–Crippen LogP) is 1.36. The van der Waals surface area contributed by atoms with Crippen molar-refractivity contribution in [2.45, 2.75) is 12.8 Å². The number of aromatic nitrogens is 2. The van der Waals surface area contributed by atoms with E-state index in [0.29, 0.717) is 6.54 Å². The van der Waals surface area contributed by atoms with Crippen LogP contribution >= 0.6 is 0 Å². The number of carbonyl (C=O) groups is 1. The molecule has 1 amide bonds. The van der Waals surface area contributed by atoms with Gasteiger partial charge in [0, 0.05) is 13.6 Å². The summed E-state index contributed by atoms with van der Waals surface area (Å²) >= 11 is 0. The lowest BCUT2D eigenvalue weighted by Gasteiger charge is -2.15. The molecule has 6 heteroatoms. The second kappa shape index (κ2) is 5.99. The highest BCUT2D eigenvalue weighted by Crippen LogP contribution is 2.09. The molecule has 0 aliphatic heterocycles. The average Bonchev–Trinajstić information content (AvgIpc) is 2.85. The monoisotopic (exact) mass is 260 g/mol. The Balaban J connectivity index is 1.83. The van der Waals surface area contributed by atoms with E-state index in [1.165, 1.54) is 5.56 Å². The van der Waals surface area contributed by atoms with Crippen molar-refractivity contribution in [2.75, 3.05) is 19.3 Å². The highest BCUT2D eigenvalue weighted by atomic mass is 16.6. The number of hydrogen-bond donors (Lipinski definition) is 1. The second-order valence-electron chi connectivity index (χ2n) is 4.31. The molecular weight excluding hydrogens is 244 g/mol. The first-order valence-electron chi connectivity index (χ1n) is 6.06. The number of benzene rings is 1. The number of carbonyl (C=O) groups excluding carboxylic acids is 1. The molecule has 0 bridgehead atoms. The third kappa shape index (κ3) is 3.31. The number of nitrogens with zero attached hydrogens (tertiary/aromatic N) is 3. The van der Waals surface area contributed by atoms with Gasteiger partial charge in [-0.15, -0.1) is 0 Å². The molecule has 0 fully saturated rings. The van der Waals surface area contributed by atoms with Crippen molar-refractivity contribution in [3.8, 4) is 0 Å². The van der Waals surface area contributed by atoms with Crippen LogP contribution in [-0.4, -0.2) is 34.7 Å².